The molecule has 1 amide bonds. The Hall–Kier alpha value is -3.05. The molecule has 3 aromatic rings. The van der Waals surface area contributed by atoms with Crippen LogP contribution in [0.4, 0.5) is 0 Å². The molecule has 0 saturated carbocycles. The second-order valence-corrected chi connectivity index (χ2v) is 6.79. The van der Waals surface area contributed by atoms with E-state index in [2.05, 4.69) is 5.32 Å². The molecule has 1 aromatic heterocycles. The predicted octanol–water partition coefficient (Wildman–Crippen LogP) is 4.68. The van der Waals surface area contributed by atoms with Crippen LogP contribution in [0.1, 0.15) is 22.0 Å². The van der Waals surface area contributed by atoms with Crippen molar-refractivity contribution >= 4 is 23.3 Å². The summed E-state index contributed by atoms with van der Waals surface area (Å²) in [6.07, 6.45) is 3.29. The number of hydrogen-bond acceptors (Lipinski definition) is 4. The molecule has 3 rings (SSSR count). The molecule has 0 saturated heterocycles. The first-order chi connectivity index (χ1) is 13.2. The number of ether oxygens (including phenoxy) is 2. The molecular formula is C22H21NO3S. The Labute approximate surface area is 163 Å². The lowest BCUT2D eigenvalue weighted by molar-refractivity contribution is -0.116. The summed E-state index contributed by atoms with van der Waals surface area (Å²) in [6, 6.07) is 19.3. The highest BCUT2D eigenvalue weighted by Crippen LogP contribution is 2.28. The van der Waals surface area contributed by atoms with E-state index in [1.165, 1.54) is 6.08 Å². The Kier molecular flexibility index (Phi) is 6.28. The fourth-order valence-electron chi connectivity index (χ4n) is 2.74. The van der Waals surface area contributed by atoms with Crippen molar-refractivity contribution in [1.82, 2.24) is 5.32 Å². The van der Waals surface area contributed by atoms with Gasteiger partial charge in [-0.1, -0.05) is 42.5 Å². The molecule has 27 heavy (non-hydrogen) atoms. The third-order valence-electron chi connectivity index (χ3n) is 4.08. The van der Waals surface area contributed by atoms with E-state index >= 15 is 0 Å². The number of amides is 1. The van der Waals surface area contributed by atoms with Gasteiger partial charge in [-0.05, 0) is 40.8 Å². The number of benzene rings is 2. The van der Waals surface area contributed by atoms with E-state index in [4.69, 9.17) is 9.47 Å². The molecule has 0 aliphatic carbocycles. The Morgan fingerprint density at radius 3 is 2.44 bits per heavy atom. The largest absolute Gasteiger partial charge is 0.493 e. The summed E-state index contributed by atoms with van der Waals surface area (Å²) in [5.41, 5.74) is 1.91. The maximum absolute atomic E-state index is 12.5. The average Bonchev–Trinajstić information content (AvgIpc) is 3.25. The molecule has 1 heterocycles. The molecule has 0 aliphatic rings. The quantitative estimate of drug-likeness (QED) is 0.606. The van der Waals surface area contributed by atoms with E-state index in [9.17, 15) is 4.79 Å². The van der Waals surface area contributed by atoms with Gasteiger partial charge in [-0.3, -0.25) is 4.79 Å². The van der Waals surface area contributed by atoms with Crippen LogP contribution < -0.4 is 14.8 Å². The second kappa shape index (κ2) is 9.05. The van der Waals surface area contributed by atoms with Gasteiger partial charge >= 0.3 is 0 Å². The number of thiophene rings is 1. The lowest BCUT2D eigenvalue weighted by Crippen LogP contribution is -2.27. The van der Waals surface area contributed by atoms with Gasteiger partial charge in [0.25, 0.3) is 0 Å². The molecule has 2 aromatic carbocycles. The Bertz CT molecular complexity index is 905. The van der Waals surface area contributed by atoms with Gasteiger partial charge in [0.15, 0.2) is 11.5 Å². The minimum atomic E-state index is -0.172. The minimum Gasteiger partial charge on any atom is -0.493 e. The van der Waals surface area contributed by atoms with E-state index in [-0.39, 0.29) is 11.9 Å². The van der Waals surface area contributed by atoms with Crippen LogP contribution in [0.3, 0.4) is 0 Å². The first-order valence-electron chi connectivity index (χ1n) is 8.50. The highest BCUT2D eigenvalue weighted by Gasteiger charge is 2.16. The molecule has 1 N–H and O–H groups in total. The van der Waals surface area contributed by atoms with E-state index in [1.807, 2.05) is 66.0 Å². The molecular weight excluding hydrogens is 358 g/mol. The van der Waals surface area contributed by atoms with Gasteiger partial charge in [-0.25, -0.2) is 0 Å². The second-order valence-electron chi connectivity index (χ2n) is 5.82. The summed E-state index contributed by atoms with van der Waals surface area (Å²) in [6.45, 7) is 0. The topological polar surface area (TPSA) is 47.6 Å². The van der Waals surface area contributed by atoms with Crippen LogP contribution >= 0.6 is 11.3 Å². The van der Waals surface area contributed by atoms with Crippen LogP contribution in [0.2, 0.25) is 0 Å². The highest BCUT2D eigenvalue weighted by atomic mass is 32.1. The number of nitrogens with one attached hydrogen (secondary N) is 1. The van der Waals surface area contributed by atoms with Gasteiger partial charge in [0.2, 0.25) is 5.91 Å². The van der Waals surface area contributed by atoms with Crippen molar-refractivity contribution in [1.29, 1.82) is 0 Å². The molecule has 0 radical (unpaired) electrons. The lowest BCUT2D eigenvalue weighted by Gasteiger charge is -2.17. The van der Waals surface area contributed by atoms with Crippen molar-refractivity contribution in [3.63, 3.8) is 0 Å². The fraction of sp³-hybridized carbons (Fsp3) is 0.136. The molecule has 0 aliphatic heterocycles. The SMILES string of the molecule is COc1ccc(/C=C/C(=O)NC(c2ccccc2)c2cccs2)cc1OC. The standard InChI is InChI=1S/C22H21NO3S/c1-25-18-12-10-16(15-19(18)26-2)11-13-21(24)23-22(20-9-6-14-27-20)17-7-4-3-5-8-17/h3-15,22H,1-2H3,(H,23,24)/b13-11+. The van der Waals surface area contributed by atoms with E-state index in [0.29, 0.717) is 11.5 Å². The predicted molar refractivity (Wildman–Crippen MR) is 109 cm³/mol. The van der Waals surface area contributed by atoms with E-state index in [1.54, 1.807) is 31.6 Å². The summed E-state index contributed by atoms with van der Waals surface area (Å²) in [7, 11) is 3.18. The summed E-state index contributed by atoms with van der Waals surface area (Å²) >= 11 is 1.62. The van der Waals surface area contributed by atoms with Gasteiger partial charge in [-0.2, -0.15) is 0 Å². The van der Waals surface area contributed by atoms with Crippen molar-refractivity contribution in [3.8, 4) is 11.5 Å². The first kappa shape index (κ1) is 18.7. The van der Waals surface area contributed by atoms with Crippen LogP contribution in [0, 0.1) is 0 Å². The van der Waals surface area contributed by atoms with Gasteiger partial charge in [0, 0.05) is 11.0 Å². The summed E-state index contributed by atoms with van der Waals surface area (Å²) < 4.78 is 10.5. The van der Waals surface area contributed by atoms with Gasteiger partial charge < -0.3 is 14.8 Å². The highest BCUT2D eigenvalue weighted by molar-refractivity contribution is 7.10. The average molecular weight is 379 g/mol. The molecule has 0 bridgehead atoms. The molecule has 0 spiro atoms. The van der Waals surface area contributed by atoms with Crippen molar-refractivity contribution in [3.05, 3.63) is 88.1 Å². The summed E-state index contributed by atoms with van der Waals surface area (Å²) in [4.78, 5) is 13.6. The van der Waals surface area contributed by atoms with Crippen LogP contribution in [0.15, 0.2) is 72.1 Å². The Morgan fingerprint density at radius 1 is 1.00 bits per heavy atom. The molecule has 5 heteroatoms. The fourth-order valence-corrected chi connectivity index (χ4v) is 3.54. The third kappa shape index (κ3) is 4.77. The van der Waals surface area contributed by atoms with E-state index < -0.39 is 0 Å². The number of carbonyl (C=O) groups is 1. The number of carbonyl (C=O) groups excluding carboxylic acids is 1. The monoisotopic (exact) mass is 379 g/mol. The van der Waals surface area contributed by atoms with Crippen molar-refractivity contribution < 1.29 is 14.3 Å². The molecule has 138 valence electrons. The van der Waals surface area contributed by atoms with Gasteiger partial charge in [-0.15, -0.1) is 11.3 Å². The molecule has 0 fully saturated rings. The molecule has 1 unspecified atom stereocenters. The van der Waals surface area contributed by atoms with E-state index in [0.717, 1.165) is 16.0 Å². The summed E-state index contributed by atoms with van der Waals surface area (Å²) in [5.74, 6) is 1.12. The zero-order chi connectivity index (χ0) is 19.1. The smallest absolute Gasteiger partial charge is 0.244 e. The zero-order valence-corrected chi connectivity index (χ0v) is 16.0. The van der Waals surface area contributed by atoms with Crippen molar-refractivity contribution in [2.45, 2.75) is 6.04 Å². The van der Waals surface area contributed by atoms with Crippen molar-refractivity contribution in [2.24, 2.45) is 0 Å². The normalized spacial score (nSPS) is 11.9. The Morgan fingerprint density at radius 2 is 1.78 bits per heavy atom. The first-order valence-corrected chi connectivity index (χ1v) is 9.38. The van der Waals surface area contributed by atoms with Crippen LogP contribution in [0.25, 0.3) is 6.08 Å². The third-order valence-corrected chi connectivity index (χ3v) is 5.02. The number of methoxy groups -OCH3 is 2. The maximum Gasteiger partial charge on any atom is 0.244 e. The van der Waals surface area contributed by atoms with Gasteiger partial charge in [0.05, 0.1) is 20.3 Å². The summed E-state index contributed by atoms with van der Waals surface area (Å²) in [5, 5.41) is 5.10. The number of rotatable bonds is 7. The number of hydrogen-bond donors (Lipinski definition) is 1. The minimum absolute atomic E-state index is 0.160. The van der Waals surface area contributed by atoms with Gasteiger partial charge in [0.1, 0.15) is 0 Å². The maximum atomic E-state index is 12.5. The van der Waals surface area contributed by atoms with Crippen LogP contribution in [0.5, 0.6) is 11.5 Å². The zero-order valence-electron chi connectivity index (χ0n) is 15.2. The lowest BCUT2D eigenvalue weighted by atomic mass is 10.1. The molecule has 1 atom stereocenters. The molecule has 4 nitrogen and oxygen atoms in total. The van der Waals surface area contributed by atoms with Crippen molar-refractivity contribution in [2.75, 3.05) is 14.2 Å². The Balaban J connectivity index is 1.76. The van der Waals surface area contributed by atoms with Crippen LogP contribution in [-0.2, 0) is 4.79 Å². The van der Waals surface area contributed by atoms with Crippen LogP contribution in [-0.4, -0.2) is 20.1 Å².